The fourth-order valence-electron chi connectivity index (χ4n) is 1.51. The van der Waals surface area contributed by atoms with Crippen molar-refractivity contribution in [3.8, 4) is 6.07 Å². The first-order chi connectivity index (χ1) is 7.61. The Bertz CT molecular complexity index is 477. The largest absolute Gasteiger partial charge is 0.481 e. The van der Waals surface area contributed by atoms with E-state index in [2.05, 4.69) is 4.98 Å². The number of anilines is 1. The third-order valence-electron chi connectivity index (χ3n) is 2.49. The Morgan fingerprint density at radius 1 is 1.62 bits per heavy atom. The molecule has 6 heteroatoms. The van der Waals surface area contributed by atoms with E-state index in [1.807, 2.05) is 6.07 Å². The van der Waals surface area contributed by atoms with Gasteiger partial charge in [-0.2, -0.15) is 5.26 Å². The zero-order valence-electron chi connectivity index (χ0n) is 8.22. The second kappa shape index (κ2) is 3.99. The molecule has 1 fully saturated rings. The highest BCUT2D eigenvalue weighted by Crippen LogP contribution is 2.25. The minimum Gasteiger partial charge on any atom is -0.481 e. The number of carbonyl (C=O) groups is 1. The predicted molar refractivity (Wildman–Crippen MR) is 57.3 cm³/mol. The van der Waals surface area contributed by atoms with E-state index < -0.39 is 5.97 Å². The average Bonchev–Trinajstić information content (AvgIpc) is 2.17. The summed E-state index contributed by atoms with van der Waals surface area (Å²) in [4.78, 5) is 16.5. The van der Waals surface area contributed by atoms with Crippen molar-refractivity contribution in [2.24, 2.45) is 5.92 Å². The number of carboxylic acid groups (broad SMARTS) is 1. The van der Waals surface area contributed by atoms with Gasteiger partial charge in [-0.3, -0.25) is 4.79 Å². The molecule has 0 saturated carbocycles. The van der Waals surface area contributed by atoms with Crippen LogP contribution in [0.15, 0.2) is 12.1 Å². The van der Waals surface area contributed by atoms with Crippen LogP contribution in [0.2, 0.25) is 5.02 Å². The third kappa shape index (κ3) is 1.79. The summed E-state index contributed by atoms with van der Waals surface area (Å²) in [6.07, 6.45) is 0. The van der Waals surface area contributed by atoms with Gasteiger partial charge in [0, 0.05) is 13.1 Å². The zero-order valence-corrected chi connectivity index (χ0v) is 8.98. The van der Waals surface area contributed by atoms with Gasteiger partial charge in [-0.25, -0.2) is 4.98 Å². The van der Waals surface area contributed by atoms with E-state index in [9.17, 15) is 4.79 Å². The van der Waals surface area contributed by atoms with E-state index >= 15 is 0 Å². The van der Waals surface area contributed by atoms with Crippen LogP contribution in [0.4, 0.5) is 5.82 Å². The lowest BCUT2D eigenvalue weighted by Gasteiger charge is -2.37. The molecule has 5 nitrogen and oxygen atoms in total. The quantitative estimate of drug-likeness (QED) is 0.834. The molecule has 0 aliphatic carbocycles. The number of nitriles is 1. The van der Waals surface area contributed by atoms with Crippen molar-refractivity contribution >= 4 is 23.4 Å². The Morgan fingerprint density at radius 2 is 2.31 bits per heavy atom. The van der Waals surface area contributed by atoms with Crippen LogP contribution >= 0.6 is 11.6 Å². The molecule has 0 aromatic carbocycles. The highest BCUT2D eigenvalue weighted by atomic mass is 35.5. The lowest BCUT2D eigenvalue weighted by molar-refractivity contribution is -0.142. The second-order valence-electron chi connectivity index (χ2n) is 3.55. The van der Waals surface area contributed by atoms with Crippen LogP contribution in [0.25, 0.3) is 0 Å². The van der Waals surface area contributed by atoms with Gasteiger partial charge in [0.15, 0.2) is 5.69 Å². The highest BCUT2D eigenvalue weighted by Gasteiger charge is 2.33. The Kier molecular flexibility index (Phi) is 2.67. The molecule has 2 heterocycles. The Balaban J connectivity index is 2.13. The first-order valence-corrected chi connectivity index (χ1v) is 5.04. The molecular formula is C10H8ClN3O2. The fraction of sp³-hybridized carbons (Fsp3) is 0.300. The van der Waals surface area contributed by atoms with E-state index in [4.69, 9.17) is 22.0 Å². The van der Waals surface area contributed by atoms with Crippen molar-refractivity contribution in [2.75, 3.05) is 18.0 Å². The molecular weight excluding hydrogens is 230 g/mol. The van der Waals surface area contributed by atoms with Gasteiger partial charge in [-0.15, -0.1) is 0 Å². The number of halogens is 1. The minimum atomic E-state index is -0.800. The van der Waals surface area contributed by atoms with Crippen molar-refractivity contribution in [3.05, 3.63) is 22.8 Å². The number of pyridine rings is 1. The van der Waals surface area contributed by atoms with Crippen LogP contribution < -0.4 is 4.90 Å². The monoisotopic (exact) mass is 237 g/mol. The first kappa shape index (κ1) is 10.7. The van der Waals surface area contributed by atoms with Gasteiger partial charge >= 0.3 is 5.97 Å². The summed E-state index contributed by atoms with van der Waals surface area (Å²) in [6.45, 7) is 0.851. The number of aliphatic carboxylic acids is 1. The summed E-state index contributed by atoms with van der Waals surface area (Å²) in [5, 5.41) is 17.8. The van der Waals surface area contributed by atoms with Gasteiger partial charge in [0.1, 0.15) is 11.9 Å². The Hall–Kier alpha value is -1.80. The van der Waals surface area contributed by atoms with Crippen molar-refractivity contribution in [3.63, 3.8) is 0 Å². The summed E-state index contributed by atoms with van der Waals surface area (Å²) < 4.78 is 0. The van der Waals surface area contributed by atoms with Crippen molar-refractivity contribution in [2.45, 2.75) is 0 Å². The van der Waals surface area contributed by atoms with Crippen LogP contribution in [-0.4, -0.2) is 29.1 Å². The van der Waals surface area contributed by atoms with E-state index in [1.165, 1.54) is 0 Å². The Morgan fingerprint density at radius 3 is 2.88 bits per heavy atom. The van der Waals surface area contributed by atoms with Crippen molar-refractivity contribution < 1.29 is 9.90 Å². The number of aromatic nitrogens is 1. The maximum absolute atomic E-state index is 10.6. The molecule has 1 aromatic rings. The minimum absolute atomic E-state index is 0.165. The fourth-order valence-corrected chi connectivity index (χ4v) is 1.66. The molecule has 0 radical (unpaired) electrons. The number of rotatable bonds is 2. The molecule has 0 unspecified atom stereocenters. The smallest absolute Gasteiger partial charge is 0.310 e. The molecule has 0 bridgehead atoms. The molecule has 0 atom stereocenters. The van der Waals surface area contributed by atoms with Gasteiger partial charge in [0.2, 0.25) is 0 Å². The van der Waals surface area contributed by atoms with E-state index in [0.29, 0.717) is 23.9 Å². The van der Waals surface area contributed by atoms with Gasteiger partial charge in [-0.1, -0.05) is 11.6 Å². The normalized spacial score (nSPS) is 15.4. The van der Waals surface area contributed by atoms with Crippen molar-refractivity contribution in [1.29, 1.82) is 5.26 Å². The third-order valence-corrected chi connectivity index (χ3v) is 2.80. The van der Waals surface area contributed by atoms with Gasteiger partial charge in [0.05, 0.1) is 10.9 Å². The Labute approximate surface area is 96.9 Å². The molecule has 2 rings (SSSR count). The number of hydrogen-bond acceptors (Lipinski definition) is 4. The maximum atomic E-state index is 10.6. The van der Waals surface area contributed by atoms with E-state index in [0.717, 1.165) is 0 Å². The van der Waals surface area contributed by atoms with Crippen LogP contribution in [0, 0.1) is 17.2 Å². The highest BCUT2D eigenvalue weighted by molar-refractivity contribution is 6.31. The van der Waals surface area contributed by atoms with Crippen LogP contribution in [0.3, 0.4) is 0 Å². The van der Waals surface area contributed by atoms with Crippen LogP contribution in [-0.2, 0) is 4.79 Å². The van der Waals surface area contributed by atoms with Gasteiger partial charge in [0.25, 0.3) is 0 Å². The topological polar surface area (TPSA) is 77.2 Å². The van der Waals surface area contributed by atoms with Crippen LogP contribution in [0.5, 0.6) is 0 Å². The summed E-state index contributed by atoms with van der Waals surface area (Å²) in [5.74, 6) is -0.549. The summed E-state index contributed by atoms with van der Waals surface area (Å²) in [6, 6.07) is 5.16. The molecule has 82 valence electrons. The molecule has 1 aliphatic heterocycles. The second-order valence-corrected chi connectivity index (χ2v) is 3.96. The van der Waals surface area contributed by atoms with Crippen molar-refractivity contribution in [1.82, 2.24) is 4.98 Å². The molecule has 1 saturated heterocycles. The molecule has 0 spiro atoms. The standard InChI is InChI=1S/C10H8ClN3O2/c11-7-1-2-9(13-8(7)3-12)14-4-6(5-14)10(15)16/h1-2,6H,4-5H2,(H,15,16). The van der Waals surface area contributed by atoms with Gasteiger partial charge < -0.3 is 10.0 Å². The number of carboxylic acids is 1. The molecule has 0 amide bonds. The van der Waals surface area contributed by atoms with Gasteiger partial charge in [-0.05, 0) is 12.1 Å². The van der Waals surface area contributed by atoms with Crippen LogP contribution in [0.1, 0.15) is 5.69 Å². The lowest BCUT2D eigenvalue weighted by atomic mass is 10.0. The SMILES string of the molecule is N#Cc1nc(N2CC(C(=O)O)C2)ccc1Cl. The summed E-state index contributed by atoms with van der Waals surface area (Å²) in [5.41, 5.74) is 0.165. The first-order valence-electron chi connectivity index (χ1n) is 4.66. The number of hydrogen-bond donors (Lipinski definition) is 1. The summed E-state index contributed by atoms with van der Waals surface area (Å²) in [7, 11) is 0. The zero-order chi connectivity index (χ0) is 11.7. The maximum Gasteiger partial charge on any atom is 0.310 e. The molecule has 16 heavy (non-hydrogen) atoms. The van der Waals surface area contributed by atoms with E-state index in [1.54, 1.807) is 17.0 Å². The molecule has 1 aromatic heterocycles. The summed E-state index contributed by atoms with van der Waals surface area (Å²) >= 11 is 5.74. The molecule has 1 N–H and O–H groups in total. The predicted octanol–water partition coefficient (Wildman–Crippen LogP) is 1.13. The average molecular weight is 238 g/mol. The van der Waals surface area contributed by atoms with E-state index in [-0.39, 0.29) is 11.6 Å². The molecule has 1 aliphatic rings. The lowest BCUT2D eigenvalue weighted by Crippen LogP contribution is -2.50. The number of nitrogens with zero attached hydrogens (tertiary/aromatic N) is 3.